The Bertz CT molecular complexity index is 606. The third-order valence-electron chi connectivity index (χ3n) is 4.23. The first-order chi connectivity index (χ1) is 10.3. The van der Waals surface area contributed by atoms with Gasteiger partial charge in [0.1, 0.15) is 0 Å². The summed E-state index contributed by atoms with van der Waals surface area (Å²) in [6.07, 6.45) is 7.25. The quantitative estimate of drug-likeness (QED) is 0.913. The summed E-state index contributed by atoms with van der Waals surface area (Å²) >= 11 is 0. The van der Waals surface area contributed by atoms with Crippen LogP contribution in [0.5, 0.6) is 0 Å². The molecule has 1 aromatic carbocycles. The number of nitrogens with zero attached hydrogens (tertiary/aromatic N) is 2. The third kappa shape index (κ3) is 2.81. The van der Waals surface area contributed by atoms with Crippen LogP contribution in [0.1, 0.15) is 31.4 Å². The molecule has 1 aromatic heterocycles. The van der Waals surface area contributed by atoms with Gasteiger partial charge in [0.2, 0.25) is 0 Å². The van der Waals surface area contributed by atoms with Crippen molar-refractivity contribution in [3.05, 3.63) is 36.3 Å². The standard InChI is InChI=1S/C17H23N3O/c1-13(8-10-21-2)20-12-18-11-16(20)15-7-3-5-14-6-4-9-19-17(14)15/h3,5,7,11-13,19H,4,6,8-10H2,1-2H3. The van der Waals surface area contributed by atoms with E-state index < -0.39 is 0 Å². The lowest BCUT2D eigenvalue weighted by molar-refractivity contribution is 0.181. The minimum absolute atomic E-state index is 0.377. The molecule has 112 valence electrons. The number of nitrogens with one attached hydrogen (secondary N) is 1. The highest BCUT2D eigenvalue weighted by atomic mass is 16.5. The van der Waals surface area contributed by atoms with Crippen LogP contribution >= 0.6 is 0 Å². The van der Waals surface area contributed by atoms with Crippen molar-refractivity contribution >= 4 is 5.69 Å². The number of hydrogen-bond donors (Lipinski definition) is 1. The summed E-state index contributed by atoms with van der Waals surface area (Å²) in [5.41, 5.74) is 5.14. The molecule has 1 atom stereocenters. The van der Waals surface area contributed by atoms with Gasteiger partial charge in [0.15, 0.2) is 0 Å². The number of rotatable bonds is 5. The molecule has 21 heavy (non-hydrogen) atoms. The van der Waals surface area contributed by atoms with E-state index in [4.69, 9.17) is 4.74 Å². The fourth-order valence-corrected chi connectivity index (χ4v) is 3.01. The molecule has 0 saturated heterocycles. The largest absolute Gasteiger partial charge is 0.385 e. The van der Waals surface area contributed by atoms with Crippen molar-refractivity contribution in [2.24, 2.45) is 0 Å². The van der Waals surface area contributed by atoms with Gasteiger partial charge in [-0.1, -0.05) is 18.2 Å². The van der Waals surface area contributed by atoms with Crippen molar-refractivity contribution in [3.8, 4) is 11.3 Å². The predicted octanol–water partition coefficient (Wildman–Crippen LogP) is 3.51. The highest BCUT2D eigenvalue weighted by Crippen LogP contribution is 2.35. The molecule has 1 N–H and O–H groups in total. The van der Waals surface area contributed by atoms with E-state index in [-0.39, 0.29) is 0 Å². The highest BCUT2D eigenvalue weighted by molar-refractivity contribution is 5.79. The maximum absolute atomic E-state index is 5.20. The van der Waals surface area contributed by atoms with Gasteiger partial charge < -0.3 is 14.6 Å². The zero-order valence-corrected chi connectivity index (χ0v) is 12.8. The number of anilines is 1. The van der Waals surface area contributed by atoms with Gasteiger partial charge in [0, 0.05) is 37.6 Å². The smallest absolute Gasteiger partial charge is 0.0953 e. The van der Waals surface area contributed by atoms with Gasteiger partial charge in [-0.15, -0.1) is 0 Å². The Morgan fingerprint density at radius 2 is 2.33 bits per heavy atom. The molecule has 1 aliphatic heterocycles. The van der Waals surface area contributed by atoms with Gasteiger partial charge in [0.05, 0.1) is 18.2 Å². The summed E-state index contributed by atoms with van der Waals surface area (Å²) in [6, 6.07) is 6.94. The van der Waals surface area contributed by atoms with Crippen molar-refractivity contribution in [1.29, 1.82) is 0 Å². The van der Waals surface area contributed by atoms with E-state index in [0.717, 1.165) is 26.0 Å². The summed E-state index contributed by atoms with van der Waals surface area (Å²) in [5.74, 6) is 0. The number of hydrogen-bond acceptors (Lipinski definition) is 3. The van der Waals surface area contributed by atoms with E-state index in [0.29, 0.717) is 6.04 Å². The van der Waals surface area contributed by atoms with E-state index in [1.807, 2.05) is 12.5 Å². The number of imidazole rings is 1. The number of ether oxygens (including phenoxy) is 1. The van der Waals surface area contributed by atoms with Crippen LogP contribution in [0.2, 0.25) is 0 Å². The van der Waals surface area contributed by atoms with Gasteiger partial charge in [-0.25, -0.2) is 4.98 Å². The number of aryl methyl sites for hydroxylation is 1. The second-order valence-corrected chi connectivity index (χ2v) is 5.69. The molecule has 3 rings (SSSR count). The third-order valence-corrected chi connectivity index (χ3v) is 4.23. The molecule has 0 radical (unpaired) electrons. The molecule has 4 heteroatoms. The van der Waals surface area contributed by atoms with E-state index in [2.05, 4.69) is 40.0 Å². The van der Waals surface area contributed by atoms with Gasteiger partial charge in [-0.2, -0.15) is 0 Å². The fraction of sp³-hybridized carbons (Fsp3) is 0.471. The number of methoxy groups -OCH3 is 1. The highest BCUT2D eigenvalue weighted by Gasteiger charge is 2.17. The minimum Gasteiger partial charge on any atom is -0.385 e. The van der Waals surface area contributed by atoms with Crippen molar-refractivity contribution in [2.45, 2.75) is 32.2 Å². The second-order valence-electron chi connectivity index (χ2n) is 5.69. The summed E-state index contributed by atoms with van der Waals surface area (Å²) in [7, 11) is 1.75. The number of para-hydroxylation sites is 1. The van der Waals surface area contributed by atoms with E-state index in [9.17, 15) is 0 Å². The predicted molar refractivity (Wildman–Crippen MR) is 85.7 cm³/mol. The van der Waals surface area contributed by atoms with E-state index in [1.165, 1.54) is 28.9 Å². The second kappa shape index (κ2) is 6.31. The molecule has 1 aliphatic rings. The van der Waals surface area contributed by atoms with Gasteiger partial charge in [-0.3, -0.25) is 0 Å². The SMILES string of the molecule is COCCC(C)n1cncc1-c1cccc2c1NCCC2. The maximum atomic E-state index is 5.20. The molecule has 0 fully saturated rings. The molecular weight excluding hydrogens is 262 g/mol. The Kier molecular flexibility index (Phi) is 4.25. The van der Waals surface area contributed by atoms with Crippen LogP contribution in [0.25, 0.3) is 11.3 Å². The summed E-state index contributed by atoms with van der Waals surface area (Å²) < 4.78 is 7.46. The molecule has 2 aromatic rings. The Hall–Kier alpha value is -1.81. The average Bonchev–Trinajstić information content (AvgIpc) is 3.01. The Morgan fingerprint density at radius 3 is 3.19 bits per heavy atom. The molecule has 2 heterocycles. The summed E-state index contributed by atoms with van der Waals surface area (Å²) in [5, 5.41) is 3.56. The van der Waals surface area contributed by atoms with Crippen LogP contribution in [-0.4, -0.2) is 29.8 Å². The fourth-order valence-electron chi connectivity index (χ4n) is 3.01. The van der Waals surface area contributed by atoms with Crippen LogP contribution in [0.4, 0.5) is 5.69 Å². The van der Waals surface area contributed by atoms with E-state index in [1.54, 1.807) is 7.11 Å². The number of aromatic nitrogens is 2. The number of fused-ring (bicyclic) bond motifs is 1. The van der Waals surface area contributed by atoms with Crippen LogP contribution in [0.3, 0.4) is 0 Å². The van der Waals surface area contributed by atoms with E-state index >= 15 is 0 Å². The maximum Gasteiger partial charge on any atom is 0.0953 e. The summed E-state index contributed by atoms with van der Waals surface area (Å²) in [4.78, 5) is 4.37. The Morgan fingerprint density at radius 1 is 1.43 bits per heavy atom. The number of benzene rings is 1. The Labute approximate surface area is 126 Å². The molecule has 4 nitrogen and oxygen atoms in total. The van der Waals surface area contributed by atoms with Gasteiger partial charge in [-0.05, 0) is 31.7 Å². The lowest BCUT2D eigenvalue weighted by atomic mass is 9.98. The lowest BCUT2D eigenvalue weighted by Gasteiger charge is -2.23. The van der Waals surface area contributed by atoms with Gasteiger partial charge in [0.25, 0.3) is 0 Å². The molecule has 0 bridgehead atoms. The molecule has 0 aliphatic carbocycles. The lowest BCUT2D eigenvalue weighted by Crippen LogP contribution is -2.14. The molecule has 1 unspecified atom stereocenters. The van der Waals surface area contributed by atoms with Crippen molar-refractivity contribution in [2.75, 3.05) is 25.6 Å². The first-order valence-electron chi connectivity index (χ1n) is 7.68. The monoisotopic (exact) mass is 285 g/mol. The van der Waals surface area contributed by atoms with Crippen LogP contribution in [0.15, 0.2) is 30.7 Å². The van der Waals surface area contributed by atoms with Crippen LogP contribution in [-0.2, 0) is 11.2 Å². The zero-order chi connectivity index (χ0) is 14.7. The summed E-state index contributed by atoms with van der Waals surface area (Å²) in [6.45, 7) is 4.04. The molecule has 0 spiro atoms. The molecular formula is C17H23N3O. The van der Waals surface area contributed by atoms with Crippen molar-refractivity contribution < 1.29 is 4.74 Å². The molecule has 0 saturated carbocycles. The zero-order valence-electron chi connectivity index (χ0n) is 12.8. The normalized spacial score (nSPS) is 15.3. The van der Waals surface area contributed by atoms with Crippen LogP contribution in [0, 0.1) is 0 Å². The topological polar surface area (TPSA) is 39.1 Å². The minimum atomic E-state index is 0.377. The molecule has 0 amide bonds. The van der Waals surface area contributed by atoms with Crippen LogP contribution < -0.4 is 5.32 Å². The Balaban J connectivity index is 1.96. The first-order valence-corrected chi connectivity index (χ1v) is 7.68. The average molecular weight is 285 g/mol. The van der Waals surface area contributed by atoms with Crippen molar-refractivity contribution in [3.63, 3.8) is 0 Å². The van der Waals surface area contributed by atoms with Gasteiger partial charge >= 0.3 is 0 Å². The van der Waals surface area contributed by atoms with Crippen molar-refractivity contribution in [1.82, 2.24) is 9.55 Å². The first kappa shape index (κ1) is 14.1.